The Bertz CT molecular complexity index is 905. The third kappa shape index (κ3) is 6.23. The average Bonchev–Trinajstić information content (AvgIpc) is 2.56. The second-order valence-electron chi connectivity index (χ2n) is 7.05. The number of nitrogens with two attached hydrogens (primary N) is 1. The molecule has 1 amide bonds. The lowest BCUT2D eigenvalue weighted by Crippen LogP contribution is -2.45. The van der Waals surface area contributed by atoms with Crippen LogP contribution in [0.4, 0.5) is 5.69 Å². The van der Waals surface area contributed by atoms with Crippen LogP contribution in [0.3, 0.4) is 0 Å². The second kappa shape index (κ2) is 8.73. The highest BCUT2D eigenvalue weighted by Crippen LogP contribution is 2.22. The number of amides is 1. The maximum absolute atomic E-state index is 12.6. The van der Waals surface area contributed by atoms with Gasteiger partial charge in [-0.25, -0.2) is 8.42 Å². The summed E-state index contributed by atoms with van der Waals surface area (Å²) in [6.45, 7) is 7.71. The van der Waals surface area contributed by atoms with Crippen molar-refractivity contribution in [3.8, 4) is 0 Å². The van der Waals surface area contributed by atoms with Crippen LogP contribution in [-0.2, 0) is 10.0 Å². The fraction of sp³-hybridized carbons (Fsp3) is 0.316. The van der Waals surface area contributed by atoms with Gasteiger partial charge in [-0.2, -0.15) is 0 Å². The molecule has 0 heterocycles. The summed E-state index contributed by atoms with van der Waals surface area (Å²) in [5.41, 5.74) is 8.10. The molecule has 2 aromatic rings. The summed E-state index contributed by atoms with van der Waals surface area (Å²) in [6, 6.07) is 11.2. The van der Waals surface area contributed by atoms with E-state index in [-0.39, 0.29) is 23.2 Å². The minimum Gasteiger partial charge on any atom is -0.350 e. The Hall–Kier alpha value is -2.09. The first kappa shape index (κ1) is 23.0. The maximum Gasteiger partial charge on any atom is 0.261 e. The van der Waals surface area contributed by atoms with E-state index < -0.39 is 15.6 Å². The lowest BCUT2D eigenvalue weighted by atomic mass is 10.1. The first-order valence-corrected chi connectivity index (χ1v) is 9.74. The van der Waals surface area contributed by atoms with Crippen LogP contribution >= 0.6 is 12.4 Å². The van der Waals surface area contributed by atoms with Crippen LogP contribution in [0.2, 0.25) is 0 Å². The van der Waals surface area contributed by atoms with E-state index in [2.05, 4.69) is 10.0 Å². The number of halogens is 1. The summed E-state index contributed by atoms with van der Waals surface area (Å²) >= 11 is 0. The van der Waals surface area contributed by atoms with Gasteiger partial charge in [0.05, 0.1) is 10.6 Å². The second-order valence-corrected chi connectivity index (χ2v) is 8.73. The number of carbonyl (C=O) groups excluding carboxylic acids is 1. The van der Waals surface area contributed by atoms with Gasteiger partial charge in [-0.05, 0) is 69.2 Å². The standard InChI is InChI=1S/C19H25N3O3S.ClH/c1-13-6-5-7-17(14(13)2)22-26(24,25)16-10-8-15(9-11-16)18(23)21-12-19(3,4)20;/h5-11,22H,12,20H2,1-4H3,(H,21,23);1H. The Morgan fingerprint density at radius 1 is 1.07 bits per heavy atom. The average molecular weight is 412 g/mol. The SMILES string of the molecule is Cc1cccc(NS(=O)(=O)c2ccc(C(=O)NCC(C)(C)N)cc2)c1C.Cl. The molecule has 0 aliphatic heterocycles. The number of hydrogen-bond acceptors (Lipinski definition) is 4. The maximum atomic E-state index is 12.6. The molecule has 0 unspecified atom stereocenters. The molecular formula is C19H26ClN3O3S. The van der Waals surface area contributed by atoms with Crippen molar-refractivity contribution in [1.29, 1.82) is 0 Å². The first-order valence-electron chi connectivity index (χ1n) is 8.26. The van der Waals surface area contributed by atoms with Gasteiger partial charge < -0.3 is 11.1 Å². The van der Waals surface area contributed by atoms with Crippen molar-refractivity contribution in [2.24, 2.45) is 5.73 Å². The Kier molecular flexibility index (Phi) is 7.42. The molecule has 6 nitrogen and oxygen atoms in total. The number of anilines is 1. The molecule has 2 rings (SSSR count). The smallest absolute Gasteiger partial charge is 0.261 e. The number of nitrogens with one attached hydrogen (secondary N) is 2. The van der Waals surface area contributed by atoms with Crippen LogP contribution in [0, 0.1) is 13.8 Å². The predicted octanol–water partition coefficient (Wildman–Crippen LogP) is 2.99. The molecule has 0 aliphatic carbocycles. The monoisotopic (exact) mass is 411 g/mol. The molecule has 4 N–H and O–H groups in total. The predicted molar refractivity (Wildman–Crippen MR) is 111 cm³/mol. The Morgan fingerprint density at radius 3 is 2.22 bits per heavy atom. The van der Waals surface area contributed by atoms with Crippen molar-refractivity contribution < 1.29 is 13.2 Å². The molecule has 148 valence electrons. The van der Waals surface area contributed by atoms with Gasteiger partial charge in [0.25, 0.3) is 15.9 Å². The normalized spacial score (nSPS) is 11.4. The zero-order valence-electron chi connectivity index (χ0n) is 15.9. The summed E-state index contributed by atoms with van der Waals surface area (Å²) in [4.78, 5) is 12.2. The molecule has 0 bridgehead atoms. The van der Waals surface area contributed by atoms with E-state index in [9.17, 15) is 13.2 Å². The molecule has 0 saturated heterocycles. The zero-order chi connectivity index (χ0) is 19.5. The van der Waals surface area contributed by atoms with Gasteiger partial charge >= 0.3 is 0 Å². The molecular weight excluding hydrogens is 386 g/mol. The lowest BCUT2D eigenvalue weighted by Gasteiger charge is -2.19. The number of aryl methyl sites for hydroxylation is 1. The van der Waals surface area contributed by atoms with Gasteiger partial charge in [0, 0.05) is 17.6 Å². The molecule has 0 aliphatic rings. The van der Waals surface area contributed by atoms with Crippen LogP contribution in [0.1, 0.15) is 35.3 Å². The van der Waals surface area contributed by atoms with Crippen molar-refractivity contribution in [1.82, 2.24) is 5.32 Å². The Balaban J connectivity index is 0.00000364. The highest BCUT2D eigenvalue weighted by atomic mass is 35.5. The van der Waals surface area contributed by atoms with E-state index in [1.807, 2.05) is 33.8 Å². The molecule has 27 heavy (non-hydrogen) atoms. The molecule has 0 fully saturated rings. The molecule has 2 aromatic carbocycles. The quantitative estimate of drug-likeness (QED) is 0.680. The minimum absolute atomic E-state index is 0. The summed E-state index contributed by atoms with van der Waals surface area (Å²) in [6.07, 6.45) is 0. The molecule has 0 saturated carbocycles. The Morgan fingerprint density at radius 2 is 1.67 bits per heavy atom. The molecule has 0 atom stereocenters. The van der Waals surface area contributed by atoms with Crippen LogP contribution in [0.15, 0.2) is 47.4 Å². The third-order valence-corrected chi connectivity index (χ3v) is 5.36. The fourth-order valence-electron chi connectivity index (χ4n) is 2.26. The van der Waals surface area contributed by atoms with E-state index in [4.69, 9.17) is 5.73 Å². The van der Waals surface area contributed by atoms with E-state index in [1.54, 1.807) is 12.1 Å². The van der Waals surface area contributed by atoms with Crippen LogP contribution in [0.5, 0.6) is 0 Å². The van der Waals surface area contributed by atoms with Gasteiger partial charge in [0.2, 0.25) is 0 Å². The van der Waals surface area contributed by atoms with E-state index in [0.717, 1.165) is 11.1 Å². The van der Waals surface area contributed by atoms with Crippen molar-refractivity contribution in [2.75, 3.05) is 11.3 Å². The van der Waals surface area contributed by atoms with E-state index >= 15 is 0 Å². The highest BCUT2D eigenvalue weighted by molar-refractivity contribution is 7.92. The molecule has 8 heteroatoms. The Labute approximate surface area is 167 Å². The van der Waals surface area contributed by atoms with Gasteiger partial charge in [-0.3, -0.25) is 9.52 Å². The fourth-order valence-corrected chi connectivity index (χ4v) is 3.38. The minimum atomic E-state index is -3.73. The number of sulfonamides is 1. The van der Waals surface area contributed by atoms with E-state index in [0.29, 0.717) is 17.8 Å². The number of carbonyl (C=O) groups is 1. The largest absolute Gasteiger partial charge is 0.350 e. The van der Waals surface area contributed by atoms with Gasteiger partial charge in [0.1, 0.15) is 0 Å². The topological polar surface area (TPSA) is 101 Å². The first-order chi connectivity index (χ1) is 12.0. The number of rotatable bonds is 6. The van der Waals surface area contributed by atoms with Crippen LogP contribution < -0.4 is 15.8 Å². The van der Waals surface area contributed by atoms with Crippen LogP contribution in [0.25, 0.3) is 0 Å². The van der Waals surface area contributed by atoms with E-state index in [1.165, 1.54) is 24.3 Å². The summed E-state index contributed by atoms with van der Waals surface area (Å²) in [5.74, 6) is -0.296. The molecule has 0 radical (unpaired) electrons. The number of hydrogen-bond donors (Lipinski definition) is 3. The van der Waals surface area contributed by atoms with Crippen LogP contribution in [-0.4, -0.2) is 26.4 Å². The molecule has 0 aromatic heterocycles. The zero-order valence-corrected chi connectivity index (χ0v) is 17.5. The van der Waals surface area contributed by atoms with Gasteiger partial charge in [-0.15, -0.1) is 12.4 Å². The number of benzene rings is 2. The van der Waals surface area contributed by atoms with Crippen molar-refractivity contribution in [2.45, 2.75) is 38.1 Å². The summed E-state index contributed by atoms with van der Waals surface area (Å²) in [7, 11) is -3.73. The summed E-state index contributed by atoms with van der Waals surface area (Å²) in [5, 5.41) is 2.72. The third-order valence-electron chi connectivity index (χ3n) is 3.98. The van der Waals surface area contributed by atoms with Crippen molar-refractivity contribution in [3.05, 3.63) is 59.2 Å². The highest BCUT2D eigenvalue weighted by Gasteiger charge is 2.17. The summed E-state index contributed by atoms with van der Waals surface area (Å²) < 4.78 is 27.7. The lowest BCUT2D eigenvalue weighted by molar-refractivity contribution is 0.0946. The van der Waals surface area contributed by atoms with Crippen molar-refractivity contribution >= 4 is 34.0 Å². The van der Waals surface area contributed by atoms with Gasteiger partial charge in [0.15, 0.2) is 0 Å². The van der Waals surface area contributed by atoms with Gasteiger partial charge in [-0.1, -0.05) is 12.1 Å². The van der Waals surface area contributed by atoms with Crippen molar-refractivity contribution in [3.63, 3.8) is 0 Å². The molecule has 0 spiro atoms.